The highest BCUT2D eigenvalue weighted by Gasteiger charge is 2.24. The Kier molecular flexibility index (Phi) is 5.72. The number of rotatable bonds is 6. The minimum Gasteiger partial charge on any atom is -0.408 e. The Bertz CT molecular complexity index is 1300. The largest absolute Gasteiger partial charge is 0.420 e. The number of fused-ring (bicyclic) bond motifs is 1. The standard InChI is InChI=1S/C22H25N3O5S/c1-14-7-8-17(11-15(14)2)23-21(26)13-25-19-10-9-18(12-20(19)30-22(25)27)31(28,29)24-16-5-3-4-6-16/h7-12,16,24H,3-6,13H2,1-2H3,(H,23,26). The fourth-order valence-electron chi connectivity index (χ4n) is 3.86. The summed E-state index contributed by atoms with van der Waals surface area (Å²) in [5.74, 6) is -1.10. The molecular formula is C22H25N3O5S. The van der Waals surface area contributed by atoms with Crippen LogP contribution in [0.1, 0.15) is 36.8 Å². The van der Waals surface area contributed by atoms with Crippen LogP contribution in [0.2, 0.25) is 0 Å². The van der Waals surface area contributed by atoms with Crippen LogP contribution in [0.3, 0.4) is 0 Å². The van der Waals surface area contributed by atoms with E-state index in [1.165, 1.54) is 22.8 Å². The predicted octanol–water partition coefficient (Wildman–Crippen LogP) is 3.07. The molecule has 0 atom stereocenters. The zero-order valence-corrected chi connectivity index (χ0v) is 18.3. The summed E-state index contributed by atoms with van der Waals surface area (Å²) in [4.78, 5) is 24.8. The highest BCUT2D eigenvalue weighted by Crippen LogP contribution is 2.23. The van der Waals surface area contributed by atoms with Crippen molar-refractivity contribution in [2.45, 2.75) is 57.0 Å². The molecule has 9 heteroatoms. The topological polar surface area (TPSA) is 110 Å². The molecule has 1 aromatic heterocycles. The number of carbonyl (C=O) groups is 1. The molecule has 0 unspecified atom stereocenters. The maximum absolute atomic E-state index is 12.7. The highest BCUT2D eigenvalue weighted by atomic mass is 32.2. The van der Waals surface area contributed by atoms with Crippen LogP contribution in [0.15, 0.2) is 50.5 Å². The molecule has 0 bridgehead atoms. The van der Waals surface area contributed by atoms with Gasteiger partial charge in [-0.2, -0.15) is 0 Å². The van der Waals surface area contributed by atoms with E-state index in [0.29, 0.717) is 11.2 Å². The summed E-state index contributed by atoms with van der Waals surface area (Å²) in [6.45, 7) is 3.69. The molecule has 1 saturated carbocycles. The molecule has 1 aliphatic rings. The quantitative estimate of drug-likeness (QED) is 0.608. The van der Waals surface area contributed by atoms with Gasteiger partial charge in [0.25, 0.3) is 0 Å². The minimum absolute atomic E-state index is 0.0346. The van der Waals surface area contributed by atoms with Crippen LogP contribution in [0.4, 0.5) is 5.69 Å². The second kappa shape index (κ2) is 8.32. The van der Waals surface area contributed by atoms with E-state index in [2.05, 4.69) is 10.0 Å². The first-order valence-corrected chi connectivity index (χ1v) is 11.7. The SMILES string of the molecule is Cc1ccc(NC(=O)Cn2c(=O)oc3cc(S(=O)(=O)NC4CCCC4)ccc32)cc1C. The number of nitrogens with zero attached hydrogens (tertiary/aromatic N) is 1. The number of carbonyl (C=O) groups excluding carboxylic acids is 1. The van der Waals surface area contributed by atoms with E-state index < -0.39 is 15.8 Å². The van der Waals surface area contributed by atoms with Crippen molar-refractivity contribution >= 4 is 32.7 Å². The molecule has 1 amide bonds. The second-order valence-corrected chi connectivity index (χ2v) is 9.75. The lowest BCUT2D eigenvalue weighted by molar-refractivity contribution is -0.116. The van der Waals surface area contributed by atoms with Gasteiger partial charge in [0, 0.05) is 17.8 Å². The summed E-state index contributed by atoms with van der Waals surface area (Å²) in [5.41, 5.74) is 3.28. The van der Waals surface area contributed by atoms with E-state index in [1.54, 1.807) is 6.07 Å². The van der Waals surface area contributed by atoms with Gasteiger partial charge < -0.3 is 9.73 Å². The number of anilines is 1. The van der Waals surface area contributed by atoms with Crippen molar-refractivity contribution in [3.05, 3.63) is 58.1 Å². The van der Waals surface area contributed by atoms with Gasteiger partial charge in [0.15, 0.2) is 5.58 Å². The van der Waals surface area contributed by atoms with Crippen LogP contribution in [0, 0.1) is 13.8 Å². The molecule has 3 aromatic rings. The molecule has 0 saturated heterocycles. The number of sulfonamides is 1. The van der Waals surface area contributed by atoms with Crippen LogP contribution >= 0.6 is 0 Å². The smallest absolute Gasteiger partial charge is 0.408 e. The molecule has 1 aliphatic carbocycles. The van der Waals surface area contributed by atoms with Crippen molar-refractivity contribution in [1.82, 2.24) is 9.29 Å². The van der Waals surface area contributed by atoms with Gasteiger partial charge >= 0.3 is 5.76 Å². The molecule has 164 valence electrons. The fraction of sp³-hybridized carbons (Fsp3) is 0.364. The first-order valence-electron chi connectivity index (χ1n) is 10.3. The molecule has 2 N–H and O–H groups in total. The number of nitrogens with one attached hydrogen (secondary N) is 2. The average Bonchev–Trinajstić information content (AvgIpc) is 3.32. The lowest BCUT2D eigenvalue weighted by Gasteiger charge is -2.12. The Morgan fingerprint density at radius 3 is 2.55 bits per heavy atom. The average molecular weight is 444 g/mol. The van der Waals surface area contributed by atoms with E-state index in [1.807, 2.05) is 26.0 Å². The van der Waals surface area contributed by atoms with Crippen LogP contribution in [-0.2, 0) is 21.4 Å². The van der Waals surface area contributed by atoms with Gasteiger partial charge in [0.1, 0.15) is 6.54 Å². The lowest BCUT2D eigenvalue weighted by Crippen LogP contribution is -2.32. The number of hydrogen-bond donors (Lipinski definition) is 2. The van der Waals surface area contributed by atoms with Gasteiger partial charge in [0.2, 0.25) is 15.9 Å². The Morgan fingerprint density at radius 2 is 1.84 bits per heavy atom. The third-order valence-corrected chi connectivity index (χ3v) is 7.24. The van der Waals surface area contributed by atoms with E-state index in [9.17, 15) is 18.0 Å². The summed E-state index contributed by atoms with van der Waals surface area (Å²) in [6.07, 6.45) is 3.66. The van der Waals surface area contributed by atoms with Crippen molar-refractivity contribution in [3.63, 3.8) is 0 Å². The van der Waals surface area contributed by atoms with E-state index in [-0.39, 0.29) is 29.0 Å². The van der Waals surface area contributed by atoms with Crippen molar-refractivity contribution in [3.8, 4) is 0 Å². The summed E-state index contributed by atoms with van der Waals surface area (Å²) < 4.78 is 34.4. The third-order valence-electron chi connectivity index (χ3n) is 5.72. The molecule has 1 fully saturated rings. The molecule has 0 radical (unpaired) electrons. The third kappa shape index (κ3) is 4.57. The van der Waals surface area contributed by atoms with E-state index >= 15 is 0 Å². The Labute approximate surface area is 180 Å². The molecule has 8 nitrogen and oxygen atoms in total. The van der Waals surface area contributed by atoms with E-state index in [0.717, 1.165) is 36.8 Å². The Hall–Kier alpha value is -2.91. The number of benzene rings is 2. The number of amides is 1. The molecule has 0 spiro atoms. The van der Waals surface area contributed by atoms with Gasteiger partial charge in [-0.1, -0.05) is 18.9 Å². The fourth-order valence-corrected chi connectivity index (χ4v) is 5.18. The summed E-state index contributed by atoms with van der Waals surface area (Å²) >= 11 is 0. The van der Waals surface area contributed by atoms with Crippen LogP contribution in [-0.4, -0.2) is 24.9 Å². The highest BCUT2D eigenvalue weighted by molar-refractivity contribution is 7.89. The molecule has 4 rings (SSSR count). The zero-order chi connectivity index (χ0) is 22.2. The van der Waals surface area contributed by atoms with Gasteiger partial charge in [-0.25, -0.2) is 17.9 Å². The number of aryl methyl sites for hydroxylation is 2. The number of aromatic nitrogens is 1. The van der Waals surface area contributed by atoms with Crippen molar-refractivity contribution < 1.29 is 17.6 Å². The Balaban J connectivity index is 1.55. The summed E-state index contributed by atoms with van der Waals surface area (Å²) in [6, 6.07) is 9.74. The molecule has 1 heterocycles. The minimum atomic E-state index is -3.71. The summed E-state index contributed by atoms with van der Waals surface area (Å²) in [7, 11) is -3.71. The van der Waals surface area contributed by atoms with Gasteiger partial charge in [-0.15, -0.1) is 0 Å². The van der Waals surface area contributed by atoms with E-state index in [4.69, 9.17) is 4.42 Å². The lowest BCUT2D eigenvalue weighted by atomic mass is 10.1. The number of hydrogen-bond acceptors (Lipinski definition) is 5. The summed E-state index contributed by atoms with van der Waals surface area (Å²) in [5, 5.41) is 2.77. The maximum atomic E-state index is 12.7. The van der Waals surface area contributed by atoms with Gasteiger partial charge in [-0.3, -0.25) is 9.36 Å². The molecule has 0 aliphatic heterocycles. The normalized spacial score (nSPS) is 14.9. The molecular weight excluding hydrogens is 418 g/mol. The maximum Gasteiger partial charge on any atom is 0.420 e. The van der Waals surface area contributed by atoms with Crippen molar-refractivity contribution in [2.75, 3.05) is 5.32 Å². The predicted molar refractivity (Wildman–Crippen MR) is 118 cm³/mol. The first-order chi connectivity index (χ1) is 14.7. The van der Waals surface area contributed by atoms with Crippen LogP contribution in [0.25, 0.3) is 11.1 Å². The first kappa shape index (κ1) is 21.3. The van der Waals surface area contributed by atoms with Crippen molar-refractivity contribution in [1.29, 1.82) is 0 Å². The van der Waals surface area contributed by atoms with Crippen molar-refractivity contribution in [2.24, 2.45) is 0 Å². The zero-order valence-electron chi connectivity index (χ0n) is 17.5. The molecule has 2 aromatic carbocycles. The molecule has 31 heavy (non-hydrogen) atoms. The van der Waals surface area contributed by atoms with Crippen LogP contribution < -0.4 is 15.8 Å². The second-order valence-electron chi connectivity index (χ2n) is 8.03. The van der Waals surface area contributed by atoms with Gasteiger partial charge in [-0.05, 0) is 62.1 Å². The number of oxazole rings is 1. The monoisotopic (exact) mass is 443 g/mol. The van der Waals surface area contributed by atoms with Gasteiger partial charge in [0.05, 0.1) is 10.4 Å². The van der Waals surface area contributed by atoms with Crippen LogP contribution in [0.5, 0.6) is 0 Å². The Morgan fingerprint density at radius 1 is 1.10 bits per heavy atom.